The van der Waals surface area contributed by atoms with Crippen molar-refractivity contribution in [1.29, 1.82) is 0 Å². The number of alkyl halides is 1. The Labute approximate surface area is 163 Å². The summed E-state index contributed by atoms with van der Waals surface area (Å²) in [5.74, 6) is -0.348. The van der Waals surface area contributed by atoms with Crippen LogP contribution in [0.5, 0.6) is 5.75 Å². The SMILES string of the molecule is Clc1ccc(C2(CBr)OCC(COc3ccccc3Cl)O2)c(Cl)c1. The Hall–Kier alpha value is -0.490. The first-order chi connectivity index (χ1) is 11.5. The fraction of sp³-hybridized carbons (Fsp3) is 0.294. The lowest BCUT2D eigenvalue weighted by molar-refractivity contribution is -0.159. The Bertz CT molecular complexity index is 728. The lowest BCUT2D eigenvalue weighted by Crippen LogP contribution is -2.31. The first-order valence-electron chi connectivity index (χ1n) is 7.25. The van der Waals surface area contributed by atoms with Crippen molar-refractivity contribution in [2.75, 3.05) is 18.5 Å². The van der Waals surface area contributed by atoms with Gasteiger partial charge in [-0.25, -0.2) is 0 Å². The molecular weight excluding hydrogens is 438 g/mol. The first kappa shape index (κ1) is 18.3. The minimum Gasteiger partial charge on any atom is -0.489 e. The predicted molar refractivity (Wildman–Crippen MR) is 99.7 cm³/mol. The van der Waals surface area contributed by atoms with Crippen LogP contribution in [0.4, 0.5) is 0 Å². The van der Waals surface area contributed by atoms with Gasteiger partial charge in [0.1, 0.15) is 18.5 Å². The number of rotatable bonds is 5. The van der Waals surface area contributed by atoms with Gasteiger partial charge in [0.05, 0.1) is 22.0 Å². The van der Waals surface area contributed by atoms with Gasteiger partial charge in [0, 0.05) is 10.6 Å². The second-order valence-electron chi connectivity index (χ2n) is 5.30. The Morgan fingerprint density at radius 2 is 1.92 bits per heavy atom. The summed E-state index contributed by atoms with van der Waals surface area (Å²) in [5.41, 5.74) is 0.727. The second-order valence-corrected chi connectivity index (χ2v) is 7.11. The van der Waals surface area contributed by atoms with Crippen LogP contribution in [0, 0.1) is 0 Å². The van der Waals surface area contributed by atoms with E-state index in [2.05, 4.69) is 15.9 Å². The molecule has 0 bridgehead atoms. The van der Waals surface area contributed by atoms with E-state index in [9.17, 15) is 0 Å². The number of para-hydroxylation sites is 1. The number of benzene rings is 2. The third-order valence-electron chi connectivity index (χ3n) is 3.64. The Morgan fingerprint density at radius 3 is 2.62 bits per heavy atom. The van der Waals surface area contributed by atoms with E-state index in [4.69, 9.17) is 49.0 Å². The molecule has 7 heteroatoms. The molecule has 1 fully saturated rings. The third kappa shape index (κ3) is 3.85. The van der Waals surface area contributed by atoms with Gasteiger partial charge in [-0.05, 0) is 24.3 Å². The zero-order valence-corrected chi connectivity index (χ0v) is 16.3. The van der Waals surface area contributed by atoms with E-state index in [1.807, 2.05) is 24.3 Å². The third-order valence-corrected chi connectivity index (χ3v) is 5.24. The van der Waals surface area contributed by atoms with Crippen LogP contribution in [0.1, 0.15) is 5.56 Å². The smallest absolute Gasteiger partial charge is 0.206 e. The maximum atomic E-state index is 6.31. The highest BCUT2D eigenvalue weighted by atomic mass is 79.9. The summed E-state index contributed by atoms with van der Waals surface area (Å²) >= 11 is 21.8. The van der Waals surface area contributed by atoms with Gasteiger partial charge in [-0.2, -0.15) is 0 Å². The molecule has 0 amide bonds. The van der Waals surface area contributed by atoms with Crippen molar-refractivity contribution in [1.82, 2.24) is 0 Å². The minimum absolute atomic E-state index is 0.245. The van der Waals surface area contributed by atoms with E-state index in [0.29, 0.717) is 39.4 Å². The summed E-state index contributed by atoms with van der Waals surface area (Å²) in [6, 6.07) is 12.5. The summed E-state index contributed by atoms with van der Waals surface area (Å²) in [4.78, 5) is 0. The molecule has 1 heterocycles. The van der Waals surface area contributed by atoms with Crippen LogP contribution in [-0.2, 0) is 15.3 Å². The van der Waals surface area contributed by atoms with Crippen molar-refractivity contribution in [3.63, 3.8) is 0 Å². The monoisotopic (exact) mass is 450 g/mol. The quantitative estimate of drug-likeness (QED) is 0.546. The molecule has 2 atom stereocenters. The van der Waals surface area contributed by atoms with E-state index in [1.54, 1.807) is 18.2 Å². The largest absolute Gasteiger partial charge is 0.489 e. The Kier molecular flexibility index (Phi) is 5.96. The summed E-state index contributed by atoms with van der Waals surface area (Å²) in [7, 11) is 0. The van der Waals surface area contributed by atoms with E-state index in [-0.39, 0.29) is 6.10 Å². The summed E-state index contributed by atoms with van der Waals surface area (Å²) < 4.78 is 17.8. The highest BCUT2D eigenvalue weighted by Crippen LogP contribution is 2.40. The fourth-order valence-corrected chi connectivity index (χ4v) is 3.81. The van der Waals surface area contributed by atoms with Crippen molar-refractivity contribution < 1.29 is 14.2 Å². The van der Waals surface area contributed by atoms with Crippen molar-refractivity contribution in [2.45, 2.75) is 11.9 Å². The Morgan fingerprint density at radius 1 is 1.12 bits per heavy atom. The molecule has 24 heavy (non-hydrogen) atoms. The normalized spacial score (nSPS) is 23.4. The molecular formula is C17H14BrCl3O3. The highest BCUT2D eigenvalue weighted by molar-refractivity contribution is 9.09. The average Bonchev–Trinajstić information content (AvgIpc) is 2.99. The number of halogens is 4. The van der Waals surface area contributed by atoms with Gasteiger partial charge in [0.2, 0.25) is 5.79 Å². The maximum absolute atomic E-state index is 6.31. The molecule has 1 aliphatic heterocycles. The van der Waals surface area contributed by atoms with Crippen LogP contribution in [0.2, 0.25) is 15.1 Å². The fourth-order valence-electron chi connectivity index (χ4n) is 2.47. The van der Waals surface area contributed by atoms with Gasteiger partial charge in [0.15, 0.2) is 0 Å². The molecule has 0 N–H and O–H groups in total. The van der Waals surface area contributed by atoms with Crippen LogP contribution >= 0.6 is 50.7 Å². The van der Waals surface area contributed by atoms with Crippen molar-refractivity contribution in [2.24, 2.45) is 0 Å². The molecule has 0 aromatic heterocycles. The number of hydrogen-bond donors (Lipinski definition) is 0. The van der Waals surface area contributed by atoms with Gasteiger partial charge in [0.25, 0.3) is 0 Å². The lowest BCUT2D eigenvalue weighted by atomic mass is 10.1. The van der Waals surface area contributed by atoms with Crippen molar-refractivity contribution in [3.8, 4) is 5.75 Å². The summed E-state index contributed by atoms with van der Waals surface area (Å²) in [5, 5.41) is 2.05. The van der Waals surface area contributed by atoms with Crippen molar-refractivity contribution in [3.05, 3.63) is 63.1 Å². The molecule has 0 radical (unpaired) electrons. The highest BCUT2D eigenvalue weighted by Gasteiger charge is 2.44. The van der Waals surface area contributed by atoms with Crippen LogP contribution in [-0.4, -0.2) is 24.6 Å². The van der Waals surface area contributed by atoms with Crippen LogP contribution in [0.3, 0.4) is 0 Å². The van der Waals surface area contributed by atoms with Crippen LogP contribution in [0.15, 0.2) is 42.5 Å². The van der Waals surface area contributed by atoms with Gasteiger partial charge in [-0.15, -0.1) is 0 Å². The van der Waals surface area contributed by atoms with E-state index < -0.39 is 5.79 Å². The standard InChI is InChI=1S/C17H14BrCl3O3/c18-10-17(13-6-5-11(19)7-15(13)21)23-9-12(24-17)8-22-16-4-2-1-3-14(16)20/h1-7,12H,8-10H2. The number of ether oxygens (including phenoxy) is 3. The van der Waals surface area contributed by atoms with E-state index in [0.717, 1.165) is 5.56 Å². The second kappa shape index (κ2) is 7.81. The molecule has 2 aromatic rings. The molecule has 0 spiro atoms. The average molecular weight is 453 g/mol. The zero-order chi connectivity index (χ0) is 17.2. The Balaban J connectivity index is 1.71. The van der Waals surface area contributed by atoms with Gasteiger partial charge < -0.3 is 14.2 Å². The molecule has 3 rings (SSSR count). The maximum Gasteiger partial charge on any atom is 0.206 e. The van der Waals surface area contributed by atoms with Gasteiger partial charge in [-0.3, -0.25) is 0 Å². The van der Waals surface area contributed by atoms with Crippen LogP contribution < -0.4 is 4.74 Å². The molecule has 1 aliphatic rings. The van der Waals surface area contributed by atoms with Gasteiger partial charge >= 0.3 is 0 Å². The molecule has 128 valence electrons. The summed E-state index contributed by atoms with van der Waals surface area (Å²) in [6.45, 7) is 0.707. The van der Waals surface area contributed by atoms with E-state index >= 15 is 0 Å². The molecule has 0 saturated carbocycles. The molecule has 0 aliphatic carbocycles. The van der Waals surface area contributed by atoms with Crippen LogP contribution in [0.25, 0.3) is 0 Å². The first-order valence-corrected chi connectivity index (χ1v) is 9.50. The van der Waals surface area contributed by atoms with Crippen molar-refractivity contribution >= 4 is 50.7 Å². The minimum atomic E-state index is -0.962. The zero-order valence-electron chi connectivity index (χ0n) is 12.5. The number of hydrogen-bond acceptors (Lipinski definition) is 3. The molecule has 2 unspecified atom stereocenters. The molecule has 1 saturated heterocycles. The molecule has 2 aromatic carbocycles. The summed E-state index contributed by atoms with van der Waals surface area (Å²) in [6.07, 6.45) is -0.245. The topological polar surface area (TPSA) is 27.7 Å². The van der Waals surface area contributed by atoms with Gasteiger partial charge in [-0.1, -0.05) is 68.9 Å². The van der Waals surface area contributed by atoms with E-state index in [1.165, 1.54) is 0 Å². The lowest BCUT2D eigenvalue weighted by Gasteiger charge is -2.27. The predicted octanol–water partition coefficient (Wildman–Crippen LogP) is 5.69. The molecule has 3 nitrogen and oxygen atoms in total.